The lowest BCUT2D eigenvalue weighted by molar-refractivity contribution is -0.140. The summed E-state index contributed by atoms with van der Waals surface area (Å²) in [5.74, 6) is 0.315. The monoisotopic (exact) mass is 294 g/mol. The molecule has 0 radical (unpaired) electrons. The van der Waals surface area contributed by atoms with Crippen molar-refractivity contribution in [1.29, 1.82) is 0 Å². The van der Waals surface area contributed by atoms with Crippen LogP contribution < -0.4 is 5.32 Å². The van der Waals surface area contributed by atoms with Gasteiger partial charge in [-0.3, -0.25) is 10.1 Å². The number of carbonyl (C=O) groups excluding carboxylic acids is 1. The second-order valence-electron chi connectivity index (χ2n) is 5.97. The Kier molecular flexibility index (Phi) is 5.86. The normalized spacial score (nSPS) is 25.6. The molecule has 1 saturated heterocycles. The Hall–Kier alpha value is -0.780. The highest BCUT2D eigenvalue weighted by molar-refractivity contribution is 5.84. The van der Waals surface area contributed by atoms with E-state index < -0.39 is 12.6 Å². The maximum Gasteiger partial charge on any atom is 0.389 e. The topological polar surface area (TPSA) is 32.3 Å². The summed E-state index contributed by atoms with van der Waals surface area (Å²) in [7, 11) is 0. The van der Waals surface area contributed by atoms with Gasteiger partial charge in [-0.1, -0.05) is 34.1 Å². The standard InChI is InChI=1S/C14H25F3N2O/c1-5-10(4)11-13(20)19(12(18-11)9(2)3)8-6-7-14(15,16)17/h9-12,18H,5-8H2,1-4H3. The average molecular weight is 294 g/mol. The van der Waals surface area contributed by atoms with Gasteiger partial charge in [0.25, 0.3) is 0 Å². The quantitative estimate of drug-likeness (QED) is 0.816. The van der Waals surface area contributed by atoms with E-state index in [1.807, 2.05) is 27.7 Å². The maximum absolute atomic E-state index is 12.4. The highest BCUT2D eigenvalue weighted by atomic mass is 19.4. The third kappa shape index (κ3) is 4.36. The minimum absolute atomic E-state index is 0.0344. The first kappa shape index (κ1) is 17.3. The lowest BCUT2D eigenvalue weighted by atomic mass is 9.99. The van der Waals surface area contributed by atoms with Gasteiger partial charge in [-0.25, -0.2) is 0 Å². The summed E-state index contributed by atoms with van der Waals surface area (Å²) >= 11 is 0. The highest BCUT2D eigenvalue weighted by Crippen LogP contribution is 2.26. The van der Waals surface area contributed by atoms with Crippen molar-refractivity contribution in [2.45, 2.75) is 65.3 Å². The summed E-state index contributed by atoms with van der Waals surface area (Å²) < 4.78 is 36.7. The Bertz CT molecular complexity index is 331. The van der Waals surface area contributed by atoms with Crippen LogP contribution >= 0.6 is 0 Å². The Labute approximate surface area is 118 Å². The van der Waals surface area contributed by atoms with Crippen LogP contribution in [0.1, 0.15) is 47.0 Å². The zero-order chi connectivity index (χ0) is 15.5. The van der Waals surface area contributed by atoms with Gasteiger partial charge < -0.3 is 4.90 Å². The van der Waals surface area contributed by atoms with Gasteiger partial charge in [0.2, 0.25) is 5.91 Å². The van der Waals surface area contributed by atoms with Gasteiger partial charge >= 0.3 is 6.18 Å². The van der Waals surface area contributed by atoms with Crippen LogP contribution in [-0.2, 0) is 4.79 Å². The predicted molar refractivity (Wildman–Crippen MR) is 72.0 cm³/mol. The molecule has 1 N–H and O–H groups in total. The molecule has 1 aliphatic rings. The lowest BCUT2D eigenvalue weighted by Crippen LogP contribution is -2.42. The van der Waals surface area contributed by atoms with E-state index in [-0.39, 0.29) is 42.9 Å². The van der Waals surface area contributed by atoms with Crippen LogP contribution in [0.4, 0.5) is 13.2 Å². The number of hydrogen-bond donors (Lipinski definition) is 1. The van der Waals surface area contributed by atoms with Gasteiger partial charge in [-0.15, -0.1) is 0 Å². The Morgan fingerprint density at radius 2 is 1.90 bits per heavy atom. The number of halogens is 3. The summed E-state index contributed by atoms with van der Waals surface area (Å²) in [5.41, 5.74) is 0. The number of nitrogens with one attached hydrogen (secondary N) is 1. The van der Waals surface area contributed by atoms with Crippen LogP contribution in [0.3, 0.4) is 0 Å². The van der Waals surface area contributed by atoms with Crippen LogP contribution in [0.15, 0.2) is 0 Å². The van der Waals surface area contributed by atoms with Crippen LogP contribution in [0, 0.1) is 11.8 Å². The van der Waals surface area contributed by atoms with Crippen LogP contribution in [0.5, 0.6) is 0 Å². The predicted octanol–water partition coefficient (Wildman–Crippen LogP) is 3.16. The molecule has 1 amide bonds. The maximum atomic E-state index is 12.4. The van der Waals surface area contributed by atoms with E-state index in [9.17, 15) is 18.0 Å². The van der Waals surface area contributed by atoms with Gasteiger partial charge in [-0.05, 0) is 18.3 Å². The van der Waals surface area contributed by atoms with Crippen LogP contribution in [0.2, 0.25) is 0 Å². The van der Waals surface area contributed by atoms with E-state index in [0.717, 1.165) is 6.42 Å². The van der Waals surface area contributed by atoms with Gasteiger partial charge in [0.1, 0.15) is 0 Å². The van der Waals surface area contributed by atoms with E-state index in [4.69, 9.17) is 0 Å². The molecule has 3 atom stereocenters. The molecule has 0 aromatic heterocycles. The summed E-state index contributed by atoms with van der Waals surface area (Å²) in [6, 6.07) is -0.265. The lowest BCUT2D eigenvalue weighted by Gasteiger charge is -2.27. The second kappa shape index (κ2) is 6.78. The Morgan fingerprint density at radius 1 is 1.30 bits per heavy atom. The molecule has 0 aliphatic carbocycles. The molecule has 0 bridgehead atoms. The van der Waals surface area contributed by atoms with E-state index in [0.29, 0.717) is 0 Å². The molecular weight excluding hydrogens is 269 g/mol. The summed E-state index contributed by atoms with van der Waals surface area (Å²) in [6.07, 6.45) is -4.32. The number of amides is 1. The molecule has 3 unspecified atom stereocenters. The third-order valence-corrected chi connectivity index (χ3v) is 3.94. The van der Waals surface area contributed by atoms with Gasteiger partial charge in [0, 0.05) is 13.0 Å². The van der Waals surface area contributed by atoms with Gasteiger partial charge in [-0.2, -0.15) is 13.2 Å². The molecule has 0 spiro atoms. The smallest absolute Gasteiger partial charge is 0.326 e. The summed E-state index contributed by atoms with van der Waals surface area (Å²) in [6.45, 7) is 8.12. The van der Waals surface area contributed by atoms with Crippen molar-refractivity contribution in [2.24, 2.45) is 11.8 Å². The molecule has 1 aliphatic heterocycles. The highest BCUT2D eigenvalue weighted by Gasteiger charge is 2.42. The van der Waals surface area contributed by atoms with E-state index in [1.54, 1.807) is 4.90 Å². The van der Waals surface area contributed by atoms with Crippen molar-refractivity contribution in [1.82, 2.24) is 10.2 Å². The van der Waals surface area contributed by atoms with Crippen molar-refractivity contribution in [3.63, 3.8) is 0 Å². The number of alkyl halides is 3. The fourth-order valence-electron chi connectivity index (χ4n) is 2.56. The minimum Gasteiger partial charge on any atom is -0.326 e. The molecule has 1 fully saturated rings. The van der Waals surface area contributed by atoms with E-state index in [2.05, 4.69) is 5.32 Å². The molecular formula is C14H25F3N2O. The molecule has 1 heterocycles. The fraction of sp³-hybridized carbons (Fsp3) is 0.929. The van der Waals surface area contributed by atoms with Crippen molar-refractivity contribution in [3.05, 3.63) is 0 Å². The van der Waals surface area contributed by atoms with Crippen molar-refractivity contribution >= 4 is 5.91 Å². The average Bonchev–Trinajstić information content (AvgIpc) is 2.65. The molecule has 6 heteroatoms. The van der Waals surface area contributed by atoms with Crippen molar-refractivity contribution in [2.75, 3.05) is 6.54 Å². The summed E-state index contributed by atoms with van der Waals surface area (Å²) in [5, 5.41) is 3.28. The first-order valence-electron chi connectivity index (χ1n) is 7.30. The third-order valence-electron chi connectivity index (χ3n) is 3.94. The van der Waals surface area contributed by atoms with Crippen molar-refractivity contribution < 1.29 is 18.0 Å². The van der Waals surface area contributed by atoms with Crippen LogP contribution in [0.25, 0.3) is 0 Å². The Morgan fingerprint density at radius 3 is 2.35 bits per heavy atom. The fourth-order valence-corrected chi connectivity index (χ4v) is 2.56. The van der Waals surface area contributed by atoms with Crippen LogP contribution in [-0.4, -0.2) is 35.7 Å². The summed E-state index contributed by atoms with van der Waals surface area (Å²) in [4.78, 5) is 13.9. The molecule has 20 heavy (non-hydrogen) atoms. The largest absolute Gasteiger partial charge is 0.389 e. The zero-order valence-electron chi connectivity index (χ0n) is 12.6. The molecule has 3 nitrogen and oxygen atoms in total. The number of rotatable bonds is 6. The number of carbonyl (C=O) groups is 1. The SMILES string of the molecule is CCC(C)C1NC(C(C)C)N(CCCC(F)(F)F)C1=O. The molecule has 1 rings (SSSR count). The molecule has 118 valence electrons. The van der Waals surface area contributed by atoms with E-state index in [1.165, 1.54) is 0 Å². The molecule has 0 aromatic rings. The van der Waals surface area contributed by atoms with E-state index >= 15 is 0 Å². The zero-order valence-corrected chi connectivity index (χ0v) is 12.6. The Balaban J connectivity index is 2.68. The van der Waals surface area contributed by atoms with Crippen molar-refractivity contribution in [3.8, 4) is 0 Å². The first-order valence-corrected chi connectivity index (χ1v) is 7.30. The number of nitrogens with zero attached hydrogens (tertiary/aromatic N) is 1. The second-order valence-corrected chi connectivity index (χ2v) is 5.97. The molecule has 0 aromatic carbocycles. The minimum atomic E-state index is -4.15. The molecule has 0 saturated carbocycles. The van der Waals surface area contributed by atoms with Gasteiger partial charge in [0.15, 0.2) is 0 Å². The van der Waals surface area contributed by atoms with Gasteiger partial charge in [0.05, 0.1) is 12.2 Å². The first-order chi connectivity index (χ1) is 9.17. The number of hydrogen-bond acceptors (Lipinski definition) is 2.